The fourth-order valence-corrected chi connectivity index (χ4v) is 5.03. The lowest BCUT2D eigenvalue weighted by atomic mass is 10.4. The minimum absolute atomic E-state index is 0.300. The average molecular weight is 318 g/mol. The zero-order valence-corrected chi connectivity index (χ0v) is 13.2. The Morgan fingerprint density at radius 2 is 2.00 bits per heavy atom. The van der Waals surface area contributed by atoms with Crippen molar-refractivity contribution in [2.24, 2.45) is 0 Å². The zero-order valence-electron chi connectivity index (χ0n) is 11.5. The first kappa shape index (κ1) is 15.3. The number of hydrogen-bond donors (Lipinski definition) is 0. The van der Waals surface area contributed by atoms with Gasteiger partial charge in [0.25, 0.3) is 10.0 Å². The van der Waals surface area contributed by atoms with E-state index in [1.54, 1.807) is 12.1 Å². The van der Waals surface area contributed by atoms with Crippen LogP contribution in [0, 0.1) is 6.92 Å². The summed E-state index contributed by atoms with van der Waals surface area (Å²) in [6.07, 6.45) is 0.204. The van der Waals surface area contributed by atoms with Crippen molar-refractivity contribution >= 4 is 27.5 Å². The van der Waals surface area contributed by atoms with Gasteiger partial charge in [-0.2, -0.15) is 4.31 Å². The molecule has 0 saturated carbocycles. The van der Waals surface area contributed by atoms with Gasteiger partial charge in [-0.05, 0) is 25.5 Å². The highest BCUT2D eigenvalue weighted by atomic mass is 32.2. The minimum atomic E-state index is -3.45. The van der Waals surface area contributed by atoms with E-state index in [9.17, 15) is 13.2 Å². The number of ether oxygens (including phenoxy) is 1. The molecule has 112 valence electrons. The lowest BCUT2D eigenvalue weighted by molar-refractivity contribution is 0.126. The van der Waals surface area contributed by atoms with E-state index in [0.717, 1.165) is 4.88 Å². The van der Waals surface area contributed by atoms with Gasteiger partial charge in [0.1, 0.15) is 4.21 Å². The van der Waals surface area contributed by atoms with Crippen LogP contribution < -0.4 is 0 Å². The summed E-state index contributed by atoms with van der Waals surface area (Å²) in [5, 5.41) is 0. The van der Waals surface area contributed by atoms with Gasteiger partial charge in [0.05, 0.1) is 7.11 Å². The van der Waals surface area contributed by atoms with Gasteiger partial charge < -0.3 is 9.64 Å². The van der Waals surface area contributed by atoms with Crippen molar-refractivity contribution in [2.75, 3.05) is 33.3 Å². The van der Waals surface area contributed by atoms with Crippen LogP contribution in [0.4, 0.5) is 4.79 Å². The zero-order chi connectivity index (χ0) is 14.8. The molecule has 0 radical (unpaired) electrons. The van der Waals surface area contributed by atoms with Gasteiger partial charge in [-0.15, -0.1) is 11.3 Å². The lowest BCUT2D eigenvalue weighted by Gasteiger charge is -2.20. The molecule has 0 N–H and O–H groups in total. The van der Waals surface area contributed by atoms with Crippen LogP contribution in [-0.4, -0.2) is 57.0 Å². The van der Waals surface area contributed by atoms with E-state index < -0.39 is 16.1 Å². The third-order valence-corrected chi connectivity index (χ3v) is 6.56. The normalized spacial score (nSPS) is 17.8. The molecule has 1 fully saturated rings. The van der Waals surface area contributed by atoms with Crippen LogP contribution >= 0.6 is 11.3 Å². The van der Waals surface area contributed by atoms with E-state index >= 15 is 0 Å². The molecule has 0 spiro atoms. The predicted molar refractivity (Wildman–Crippen MR) is 76.4 cm³/mol. The maximum absolute atomic E-state index is 12.5. The topological polar surface area (TPSA) is 66.9 Å². The Kier molecular flexibility index (Phi) is 4.66. The minimum Gasteiger partial charge on any atom is -0.453 e. The summed E-state index contributed by atoms with van der Waals surface area (Å²) >= 11 is 1.27. The van der Waals surface area contributed by atoms with Crippen LogP contribution in [0.5, 0.6) is 0 Å². The molecular formula is C12H18N2O4S2. The lowest BCUT2D eigenvalue weighted by Crippen LogP contribution is -2.37. The summed E-state index contributed by atoms with van der Waals surface area (Å²) in [4.78, 5) is 14.0. The van der Waals surface area contributed by atoms with Crippen LogP contribution in [0.15, 0.2) is 16.3 Å². The molecule has 1 aliphatic rings. The second-order valence-electron chi connectivity index (χ2n) is 4.58. The molecule has 0 atom stereocenters. The molecule has 1 saturated heterocycles. The van der Waals surface area contributed by atoms with Gasteiger partial charge in [-0.3, -0.25) is 0 Å². The quantitative estimate of drug-likeness (QED) is 0.829. The van der Waals surface area contributed by atoms with Crippen molar-refractivity contribution in [1.82, 2.24) is 9.21 Å². The fraction of sp³-hybridized carbons (Fsp3) is 0.583. The number of hydrogen-bond acceptors (Lipinski definition) is 5. The molecule has 1 amide bonds. The van der Waals surface area contributed by atoms with Gasteiger partial charge in [0.2, 0.25) is 0 Å². The number of sulfonamides is 1. The molecule has 1 aliphatic heterocycles. The number of methoxy groups -OCH3 is 1. The average Bonchev–Trinajstić information content (AvgIpc) is 2.72. The smallest absolute Gasteiger partial charge is 0.409 e. The van der Waals surface area contributed by atoms with E-state index in [1.807, 2.05) is 6.92 Å². The molecule has 0 aromatic carbocycles. The van der Waals surface area contributed by atoms with Crippen molar-refractivity contribution in [3.63, 3.8) is 0 Å². The summed E-state index contributed by atoms with van der Waals surface area (Å²) in [5.41, 5.74) is 0. The van der Waals surface area contributed by atoms with Crippen molar-refractivity contribution < 1.29 is 17.9 Å². The maximum atomic E-state index is 12.5. The largest absolute Gasteiger partial charge is 0.453 e. The third kappa shape index (κ3) is 3.13. The Morgan fingerprint density at radius 1 is 1.25 bits per heavy atom. The predicted octanol–water partition coefficient (Wildman–Crippen LogP) is 1.52. The fourth-order valence-electron chi connectivity index (χ4n) is 2.12. The van der Waals surface area contributed by atoms with E-state index in [4.69, 9.17) is 0 Å². The van der Waals surface area contributed by atoms with Crippen molar-refractivity contribution in [1.29, 1.82) is 0 Å². The SMILES string of the molecule is COC(=O)N1CCCN(S(=O)(=O)c2ccc(C)s2)CC1. The summed E-state index contributed by atoms with van der Waals surface area (Å²) in [6, 6.07) is 3.44. The van der Waals surface area contributed by atoms with Gasteiger partial charge in [-0.25, -0.2) is 13.2 Å². The van der Waals surface area contributed by atoms with Crippen LogP contribution in [0.2, 0.25) is 0 Å². The molecule has 0 aliphatic carbocycles. The Hall–Kier alpha value is -1.12. The Bertz CT molecular complexity index is 582. The molecule has 1 aromatic heterocycles. The van der Waals surface area contributed by atoms with E-state index in [2.05, 4.69) is 4.74 Å². The van der Waals surface area contributed by atoms with Crippen molar-refractivity contribution in [3.8, 4) is 0 Å². The summed E-state index contributed by atoms with van der Waals surface area (Å²) in [6.45, 7) is 3.48. The highest BCUT2D eigenvalue weighted by molar-refractivity contribution is 7.91. The summed E-state index contributed by atoms with van der Waals surface area (Å²) < 4.78 is 31.5. The maximum Gasteiger partial charge on any atom is 0.409 e. The third-order valence-electron chi connectivity index (χ3n) is 3.20. The van der Waals surface area contributed by atoms with Crippen molar-refractivity contribution in [3.05, 3.63) is 17.0 Å². The molecule has 20 heavy (non-hydrogen) atoms. The van der Waals surface area contributed by atoms with E-state index in [0.29, 0.717) is 36.8 Å². The second-order valence-corrected chi connectivity index (χ2v) is 8.03. The summed E-state index contributed by atoms with van der Waals surface area (Å²) in [7, 11) is -2.12. The monoisotopic (exact) mass is 318 g/mol. The number of amides is 1. The van der Waals surface area contributed by atoms with Crippen molar-refractivity contribution in [2.45, 2.75) is 17.6 Å². The Balaban J connectivity index is 2.12. The molecule has 1 aromatic rings. The van der Waals surface area contributed by atoms with Gasteiger partial charge >= 0.3 is 6.09 Å². The van der Waals surface area contributed by atoms with Crippen LogP contribution in [0.3, 0.4) is 0 Å². The molecule has 6 nitrogen and oxygen atoms in total. The Morgan fingerprint density at radius 3 is 2.60 bits per heavy atom. The number of carbonyl (C=O) groups excluding carboxylic acids is 1. The van der Waals surface area contributed by atoms with Gasteiger partial charge in [0.15, 0.2) is 0 Å². The number of nitrogens with zero attached hydrogens (tertiary/aromatic N) is 2. The first-order chi connectivity index (χ1) is 9.45. The highest BCUT2D eigenvalue weighted by Gasteiger charge is 2.29. The molecule has 2 rings (SSSR count). The number of aryl methyl sites for hydroxylation is 1. The van der Waals surface area contributed by atoms with Gasteiger partial charge in [-0.1, -0.05) is 0 Å². The van der Waals surface area contributed by atoms with Gasteiger partial charge in [0, 0.05) is 31.1 Å². The second kappa shape index (κ2) is 6.11. The number of carbonyl (C=O) groups is 1. The highest BCUT2D eigenvalue weighted by Crippen LogP contribution is 2.25. The van der Waals surface area contributed by atoms with Crippen LogP contribution in [0.25, 0.3) is 0 Å². The van der Waals surface area contributed by atoms with E-state index in [1.165, 1.54) is 27.7 Å². The molecule has 0 bridgehead atoms. The van der Waals surface area contributed by atoms with E-state index in [-0.39, 0.29) is 0 Å². The first-order valence-corrected chi connectivity index (χ1v) is 8.60. The standard InChI is InChI=1S/C12H18N2O4S2/c1-10-4-5-11(19-10)20(16,17)14-7-3-6-13(8-9-14)12(15)18-2/h4-5H,3,6-9H2,1-2H3. The molecule has 8 heteroatoms. The van der Waals surface area contributed by atoms with Crippen LogP contribution in [0.1, 0.15) is 11.3 Å². The Labute approximate surface area is 123 Å². The first-order valence-electron chi connectivity index (χ1n) is 6.34. The number of rotatable bonds is 2. The van der Waals surface area contributed by atoms with Crippen LogP contribution in [-0.2, 0) is 14.8 Å². The molecule has 2 heterocycles. The molecular weight excluding hydrogens is 300 g/mol. The summed E-state index contributed by atoms with van der Waals surface area (Å²) in [5.74, 6) is 0. The number of thiophene rings is 1. The molecule has 0 unspecified atom stereocenters.